The van der Waals surface area contributed by atoms with E-state index in [1.54, 1.807) is 0 Å². The molecule has 0 aliphatic carbocycles. The van der Waals surface area contributed by atoms with Crippen LogP contribution in [-0.4, -0.2) is 37.2 Å². The van der Waals surface area contributed by atoms with E-state index < -0.39 is 6.10 Å². The summed E-state index contributed by atoms with van der Waals surface area (Å²) in [5, 5.41) is 0. The quantitative estimate of drug-likeness (QED) is 0.0262. The molecule has 0 fully saturated rings. The van der Waals surface area contributed by atoms with Gasteiger partial charge in [0.25, 0.3) is 0 Å². The number of unbranched alkanes of at least 4 members (excludes halogenated alkanes) is 37. The molecule has 0 radical (unpaired) electrons. The third-order valence-electron chi connectivity index (χ3n) is 12.7. The number of esters is 3. The molecule has 0 bridgehead atoms. The summed E-state index contributed by atoms with van der Waals surface area (Å²) in [5.74, 6) is -0.868. The van der Waals surface area contributed by atoms with E-state index in [9.17, 15) is 14.4 Å². The number of hydrogen-bond acceptors (Lipinski definition) is 6. The summed E-state index contributed by atoms with van der Waals surface area (Å²) in [6.45, 7) is 6.63. The van der Waals surface area contributed by atoms with Gasteiger partial charge in [-0.3, -0.25) is 14.4 Å². The van der Waals surface area contributed by atoms with Crippen LogP contribution < -0.4 is 0 Å². The smallest absolute Gasteiger partial charge is 0.306 e. The molecule has 376 valence electrons. The van der Waals surface area contributed by atoms with E-state index in [2.05, 4.69) is 45.1 Å². The van der Waals surface area contributed by atoms with E-state index in [0.29, 0.717) is 19.3 Å². The van der Waals surface area contributed by atoms with Crippen molar-refractivity contribution in [2.24, 2.45) is 0 Å². The Bertz CT molecular complexity index is 1040. The maximum absolute atomic E-state index is 12.8. The Hall–Kier alpha value is -2.11. The van der Waals surface area contributed by atoms with Crippen molar-refractivity contribution in [3.8, 4) is 0 Å². The van der Waals surface area contributed by atoms with E-state index in [1.165, 1.54) is 205 Å². The maximum atomic E-state index is 12.8. The molecule has 0 amide bonds. The van der Waals surface area contributed by atoms with Gasteiger partial charge >= 0.3 is 17.9 Å². The predicted molar refractivity (Wildman–Crippen MR) is 275 cm³/mol. The Balaban J connectivity index is 4.29. The molecule has 0 aliphatic heterocycles. The van der Waals surface area contributed by atoms with Crippen LogP contribution in [0.2, 0.25) is 0 Å². The van der Waals surface area contributed by atoms with E-state index in [-0.39, 0.29) is 31.1 Å². The Labute approximate surface area is 398 Å². The Kier molecular flexibility index (Phi) is 51.7. The Morgan fingerprint density at radius 2 is 0.531 bits per heavy atom. The zero-order valence-corrected chi connectivity index (χ0v) is 43.1. The average molecular weight is 901 g/mol. The molecule has 0 aliphatic rings. The summed E-state index contributed by atoms with van der Waals surface area (Å²) in [5.41, 5.74) is 0. The standard InChI is InChI=1S/C58H108O6/c1-4-7-10-13-16-19-22-24-26-28-29-30-32-33-36-39-42-45-48-51-57(60)63-54-55(53-62-56(59)50-47-44-41-38-35-21-18-15-12-9-6-3)64-58(61)52-49-46-43-40-37-34-31-27-25-23-20-17-14-11-8-5-2/h15,18,28-29,55H,4-14,16-17,19-27,30-54H2,1-3H3/b18-15-,29-28-. The van der Waals surface area contributed by atoms with Gasteiger partial charge in [-0.25, -0.2) is 0 Å². The second-order valence-electron chi connectivity index (χ2n) is 19.2. The van der Waals surface area contributed by atoms with Crippen molar-refractivity contribution in [1.29, 1.82) is 0 Å². The highest BCUT2D eigenvalue weighted by Gasteiger charge is 2.19. The molecule has 0 aromatic heterocycles. The van der Waals surface area contributed by atoms with Gasteiger partial charge in [-0.05, 0) is 64.2 Å². The molecule has 1 unspecified atom stereocenters. The lowest BCUT2D eigenvalue weighted by molar-refractivity contribution is -0.167. The number of carbonyl (C=O) groups excluding carboxylic acids is 3. The van der Waals surface area contributed by atoms with Gasteiger partial charge in [0.1, 0.15) is 13.2 Å². The van der Waals surface area contributed by atoms with Crippen LogP contribution in [0.4, 0.5) is 0 Å². The molecule has 0 spiro atoms. The summed E-state index contributed by atoms with van der Waals surface area (Å²) in [6, 6.07) is 0. The monoisotopic (exact) mass is 901 g/mol. The number of rotatable bonds is 52. The molecule has 6 heteroatoms. The fourth-order valence-corrected chi connectivity index (χ4v) is 8.36. The molecular formula is C58H108O6. The normalized spacial score (nSPS) is 12.1. The molecule has 0 aromatic carbocycles. The summed E-state index contributed by atoms with van der Waals surface area (Å²) >= 11 is 0. The van der Waals surface area contributed by atoms with Crippen molar-refractivity contribution in [2.75, 3.05) is 13.2 Å². The molecule has 0 heterocycles. The van der Waals surface area contributed by atoms with E-state index in [1.807, 2.05) is 0 Å². The van der Waals surface area contributed by atoms with Crippen molar-refractivity contribution < 1.29 is 28.6 Å². The van der Waals surface area contributed by atoms with Gasteiger partial charge in [-0.2, -0.15) is 0 Å². The molecule has 64 heavy (non-hydrogen) atoms. The van der Waals surface area contributed by atoms with Gasteiger partial charge < -0.3 is 14.2 Å². The second-order valence-corrected chi connectivity index (χ2v) is 19.2. The van der Waals surface area contributed by atoms with Crippen molar-refractivity contribution in [2.45, 2.75) is 316 Å². The largest absolute Gasteiger partial charge is 0.462 e. The van der Waals surface area contributed by atoms with Crippen LogP contribution >= 0.6 is 0 Å². The fraction of sp³-hybridized carbons (Fsp3) is 0.879. The highest BCUT2D eigenvalue weighted by molar-refractivity contribution is 5.71. The zero-order valence-electron chi connectivity index (χ0n) is 43.1. The molecule has 0 saturated heterocycles. The van der Waals surface area contributed by atoms with Crippen LogP contribution in [0.5, 0.6) is 0 Å². The molecule has 1 atom stereocenters. The lowest BCUT2D eigenvalue weighted by Gasteiger charge is -2.18. The van der Waals surface area contributed by atoms with E-state index in [4.69, 9.17) is 14.2 Å². The van der Waals surface area contributed by atoms with Crippen LogP contribution in [0.1, 0.15) is 310 Å². The first-order valence-corrected chi connectivity index (χ1v) is 28.3. The molecule has 0 aromatic rings. The van der Waals surface area contributed by atoms with E-state index >= 15 is 0 Å². The van der Waals surface area contributed by atoms with Crippen molar-refractivity contribution >= 4 is 17.9 Å². The molecular weight excluding hydrogens is 793 g/mol. The molecule has 0 N–H and O–H groups in total. The molecule has 0 saturated carbocycles. The van der Waals surface area contributed by atoms with Gasteiger partial charge in [-0.15, -0.1) is 0 Å². The highest BCUT2D eigenvalue weighted by Crippen LogP contribution is 2.16. The minimum Gasteiger partial charge on any atom is -0.462 e. The van der Waals surface area contributed by atoms with Crippen LogP contribution in [0.15, 0.2) is 24.3 Å². The molecule has 0 rings (SSSR count). The lowest BCUT2D eigenvalue weighted by Crippen LogP contribution is -2.30. The van der Waals surface area contributed by atoms with Crippen LogP contribution in [-0.2, 0) is 28.6 Å². The van der Waals surface area contributed by atoms with Crippen molar-refractivity contribution in [3.05, 3.63) is 24.3 Å². The average Bonchev–Trinajstić information content (AvgIpc) is 3.29. The maximum Gasteiger partial charge on any atom is 0.306 e. The number of ether oxygens (including phenoxy) is 3. The minimum atomic E-state index is -0.771. The van der Waals surface area contributed by atoms with Gasteiger partial charge in [0.15, 0.2) is 6.10 Å². The summed E-state index contributed by atoms with van der Waals surface area (Å²) in [6.07, 6.45) is 61.7. The summed E-state index contributed by atoms with van der Waals surface area (Å²) < 4.78 is 16.8. The van der Waals surface area contributed by atoms with Gasteiger partial charge in [0.2, 0.25) is 0 Å². The topological polar surface area (TPSA) is 78.9 Å². The fourth-order valence-electron chi connectivity index (χ4n) is 8.36. The van der Waals surface area contributed by atoms with Crippen molar-refractivity contribution in [1.82, 2.24) is 0 Å². The third-order valence-corrected chi connectivity index (χ3v) is 12.7. The van der Waals surface area contributed by atoms with Gasteiger partial charge in [-0.1, -0.05) is 251 Å². The number of carbonyl (C=O) groups is 3. The predicted octanol–water partition coefficient (Wildman–Crippen LogP) is 18.7. The Morgan fingerprint density at radius 3 is 0.828 bits per heavy atom. The SMILES string of the molecule is CCCC/C=C\CCCCCCCC(=O)OCC(COC(=O)CCCCCCCCC/C=C\CCCCCCCCCC)OC(=O)CCCCCCCCCCCCCCCCCC. The first kappa shape index (κ1) is 61.9. The van der Waals surface area contributed by atoms with Crippen molar-refractivity contribution in [3.63, 3.8) is 0 Å². The van der Waals surface area contributed by atoms with Gasteiger partial charge in [0.05, 0.1) is 0 Å². The van der Waals surface area contributed by atoms with Gasteiger partial charge in [0, 0.05) is 19.3 Å². The second kappa shape index (κ2) is 53.5. The van der Waals surface area contributed by atoms with E-state index in [0.717, 1.165) is 64.2 Å². The first-order valence-electron chi connectivity index (χ1n) is 28.3. The summed E-state index contributed by atoms with van der Waals surface area (Å²) in [7, 11) is 0. The van der Waals surface area contributed by atoms with Crippen LogP contribution in [0.25, 0.3) is 0 Å². The number of allylic oxidation sites excluding steroid dienone is 4. The first-order chi connectivity index (χ1) is 31.5. The van der Waals surface area contributed by atoms with Crippen LogP contribution in [0, 0.1) is 0 Å². The Morgan fingerprint density at radius 1 is 0.297 bits per heavy atom. The minimum absolute atomic E-state index is 0.0721. The highest BCUT2D eigenvalue weighted by atomic mass is 16.6. The lowest BCUT2D eigenvalue weighted by atomic mass is 10.0. The molecule has 6 nitrogen and oxygen atoms in total. The third kappa shape index (κ3) is 50.9. The summed E-state index contributed by atoms with van der Waals surface area (Å²) in [4.78, 5) is 38.0. The number of hydrogen-bond donors (Lipinski definition) is 0. The zero-order chi connectivity index (χ0) is 46.5. The van der Waals surface area contributed by atoms with Crippen LogP contribution in [0.3, 0.4) is 0 Å².